The number of carbonyl (C=O) groups excluding carboxylic acids is 1. The third-order valence-electron chi connectivity index (χ3n) is 3.39. The van der Waals surface area contributed by atoms with E-state index in [0.29, 0.717) is 17.9 Å². The molecular formula is C11H20N2OS. The van der Waals surface area contributed by atoms with Crippen LogP contribution in [0.2, 0.25) is 0 Å². The van der Waals surface area contributed by atoms with Crippen LogP contribution < -0.4 is 11.1 Å². The van der Waals surface area contributed by atoms with Crippen molar-refractivity contribution in [1.29, 1.82) is 0 Å². The van der Waals surface area contributed by atoms with Gasteiger partial charge >= 0.3 is 0 Å². The molecule has 1 aliphatic rings. The number of hydrogen-bond acceptors (Lipinski definition) is 2. The highest BCUT2D eigenvalue weighted by Gasteiger charge is 2.27. The average Bonchev–Trinajstić information content (AvgIpc) is 2.11. The van der Waals surface area contributed by atoms with E-state index in [9.17, 15) is 4.79 Å². The van der Waals surface area contributed by atoms with Crippen molar-refractivity contribution in [3.05, 3.63) is 0 Å². The van der Waals surface area contributed by atoms with Crippen molar-refractivity contribution in [3.63, 3.8) is 0 Å². The summed E-state index contributed by atoms with van der Waals surface area (Å²) in [5.41, 5.74) is 5.33. The molecule has 3 nitrogen and oxygen atoms in total. The van der Waals surface area contributed by atoms with E-state index >= 15 is 0 Å². The highest BCUT2D eigenvalue weighted by Crippen LogP contribution is 2.29. The normalized spacial score (nSPS) is 30.9. The Labute approximate surface area is 96.8 Å². The van der Waals surface area contributed by atoms with Gasteiger partial charge in [0.25, 0.3) is 0 Å². The van der Waals surface area contributed by atoms with Crippen LogP contribution in [0.1, 0.15) is 39.5 Å². The highest BCUT2D eigenvalue weighted by molar-refractivity contribution is 7.80. The number of carbonyl (C=O) groups is 1. The second-order valence-electron chi connectivity index (χ2n) is 4.58. The van der Waals surface area contributed by atoms with Crippen LogP contribution in [-0.4, -0.2) is 16.9 Å². The zero-order valence-corrected chi connectivity index (χ0v) is 10.3. The maximum atomic E-state index is 11.5. The lowest BCUT2D eigenvalue weighted by Gasteiger charge is -2.34. The largest absolute Gasteiger partial charge is 0.393 e. The molecule has 86 valence electrons. The van der Waals surface area contributed by atoms with Crippen molar-refractivity contribution in [2.45, 2.75) is 45.6 Å². The molecule has 1 saturated carbocycles. The molecule has 3 unspecified atom stereocenters. The first-order valence-corrected chi connectivity index (χ1v) is 5.99. The molecular weight excluding hydrogens is 208 g/mol. The van der Waals surface area contributed by atoms with Gasteiger partial charge in [0.1, 0.15) is 0 Å². The summed E-state index contributed by atoms with van der Waals surface area (Å²) in [7, 11) is 0. The topological polar surface area (TPSA) is 55.1 Å². The summed E-state index contributed by atoms with van der Waals surface area (Å²) in [6.45, 7) is 4.45. The molecule has 3 atom stereocenters. The predicted molar refractivity (Wildman–Crippen MR) is 65.5 cm³/mol. The molecule has 0 heterocycles. The van der Waals surface area contributed by atoms with E-state index in [1.807, 2.05) is 0 Å². The minimum Gasteiger partial charge on any atom is -0.393 e. The lowest BCUT2D eigenvalue weighted by Crippen LogP contribution is -2.44. The van der Waals surface area contributed by atoms with E-state index < -0.39 is 0 Å². The van der Waals surface area contributed by atoms with Crippen LogP contribution >= 0.6 is 12.2 Å². The van der Waals surface area contributed by atoms with E-state index in [0.717, 1.165) is 6.42 Å². The summed E-state index contributed by atoms with van der Waals surface area (Å²) in [6, 6.07) is 0.301. The maximum Gasteiger partial charge on any atom is 0.227 e. The van der Waals surface area contributed by atoms with Gasteiger partial charge in [-0.2, -0.15) is 0 Å². The molecule has 0 bridgehead atoms. The SMILES string of the molecule is CC1CCCC(NC(=O)CC(N)=S)C1C. The van der Waals surface area contributed by atoms with Crippen molar-refractivity contribution in [3.8, 4) is 0 Å². The Bertz CT molecular complexity index is 255. The lowest BCUT2D eigenvalue weighted by molar-refractivity contribution is -0.121. The molecule has 0 aromatic heterocycles. The lowest BCUT2D eigenvalue weighted by atomic mass is 9.78. The summed E-state index contributed by atoms with van der Waals surface area (Å²) in [5, 5.41) is 3.02. The molecule has 0 spiro atoms. The molecule has 1 fully saturated rings. The number of hydrogen-bond donors (Lipinski definition) is 2. The monoisotopic (exact) mass is 228 g/mol. The Kier molecular flexibility index (Phi) is 4.51. The first kappa shape index (κ1) is 12.4. The van der Waals surface area contributed by atoms with Gasteiger partial charge in [-0.05, 0) is 18.3 Å². The Morgan fingerprint density at radius 1 is 1.47 bits per heavy atom. The third-order valence-corrected chi connectivity index (χ3v) is 3.53. The van der Waals surface area contributed by atoms with E-state index in [2.05, 4.69) is 19.2 Å². The van der Waals surface area contributed by atoms with Gasteiger partial charge in [0, 0.05) is 6.04 Å². The van der Waals surface area contributed by atoms with Crippen LogP contribution in [-0.2, 0) is 4.79 Å². The van der Waals surface area contributed by atoms with Gasteiger partial charge in [-0.25, -0.2) is 0 Å². The van der Waals surface area contributed by atoms with Crippen LogP contribution in [0.4, 0.5) is 0 Å². The zero-order chi connectivity index (χ0) is 11.4. The van der Waals surface area contributed by atoms with Gasteiger partial charge in [-0.3, -0.25) is 4.79 Å². The molecule has 0 aromatic carbocycles. The summed E-state index contributed by atoms with van der Waals surface area (Å²) in [4.78, 5) is 11.8. The Balaban J connectivity index is 2.43. The van der Waals surface area contributed by atoms with Crippen LogP contribution in [0.25, 0.3) is 0 Å². The van der Waals surface area contributed by atoms with Crippen LogP contribution in [0, 0.1) is 11.8 Å². The van der Waals surface area contributed by atoms with Crippen molar-refractivity contribution in [2.75, 3.05) is 0 Å². The van der Waals surface area contributed by atoms with E-state index in [1.165, 1.54) is 12.8 Å². The predicted octanol–water partition coefficient (Wildman–Crippen LogP) is 1.60. The van der Waals surface area contributed by atoms with Gasteiger partial charge in [-0.15, -0.1) is 0 Å². The minimum atomic E-state index is -0.0338. The summed E-state index contributed by atoms with van der Waals surface area (Å²) < 4.78 is 0. The molecule has 4 heteroatoms. The summed E-state index contributed by atoms with van der Waals surface area (Å²) in [5.74, 6) is 1.20. The number of amides is 1. The molecule has 1 amide bonds. The molecule has 1 rings (SSSR count). The fourth-order valence-corrected chi connectivity index (χ4v) is 2.33. The number of thiocarbonyl (C=S) groups is 1. The molecule has 0 aromatic rings. The molecule has 0 radical (unpaired) electrons. The Morgan fingerprint density at radius 3 is 2.73 bits per heavy atom. The summed E-state index contributed by atoms with van der Waals surface area (Å²) in [6.07, 6.45) is 3.72. The van der Waals surface area contributed by atoms with Gasteiger partial charge in [0.2, 0.25) is 5.91 Å². The first-order chi connectivity index (χ1) is 7.00. The second-order valence-corrected chi connectivity index (χ2v) is 5.11. The van der Waals surface area contributed by atoms with E-state index in [4.69, 9.17) is 18.0 Å². The minimum absolute atomic E-state index is 0.0338. The van der Waals surface area contributed by atoms with Gasteiger partial charge in [0.05, 0.1) is 11.4 Å². The smallest absolute Gasteiger partial charge is 0.227 e. The van der Waals surface area contributed by atoms with Crippen LogP contribution in [0.5, 0.6) is 0 Å². The molecule has 0 saturated heterocycles. The van der Waals surface area contributed by atoms with Crippen molar-refractivity contribution in [1.82, 2.24) is 5.32 Å². The first-order valence-electron chi connectivity index (χ1n) is 5.58. The van der Waals surface area contributed by atoms with Gasteiger partial charge in [0.15, 0.2) is 0 Å². The average molecular weight is 228 g/mol. The van der Waals surface area contributed by atoms with E-state index in [1.54, 1.807) is 0 Å². The van der Waals surface area contributed by atoms with Crippen LogP contribution in [0.3, 0.4) is 0 Å². The van der Waals surface area contributed by atoms with Gasteiger partial charge in [-0.1, -0.05) is 38.9 Å². The van der Waals surface area contributed by atoms with Crippen molar-refractivity contribution in [2.24, 2.45) is 17.6 Å². The molecule has 0 aliphatic heterocycles. The van der Waals surface area contributed by atoms with Crippen LogP contribution in [0.15, 0.2) is 0 Å². The number of nitrogens with two attached hydrogens (primary N) is 1. The summed E-state index contributed by atoms with van der Waals surface area (Å²) >= 11 is 4.71. The van der Waals surface area contributed by atoms with Crippen molar-refractivity contribution < 1.29 is 4.79 Å². The standard InChI is InChI=1S/C11H20N2OS/c1-7-4-3-5-9(8(7)2)13-11(14)6-10(12)15/h7-9H,3-6H2,1-2H3,(H2,12,15)(H,13,14). The zero-order valence-electron chi connectivity index (χ0n) is 9.45. The molecule has 1 aliphatic carbocycles. The Hall–Kier alpha value is -0.640. The van der Waals surface area contributed by atoms with E-state index in [-0.39, 0.29) is 17.3 Å². The fourth-order valence-electron chi connectivity index (χ4n) is 2.20. The maximum absolute atomic E-state index is 11.5. The number of rotatable bonds is 3. The second kappa shape index (κ2) is 5.45. The quantitative estimate of drug-likeness (QED) is 0.721. The molecule has 3 N–H and O–H groups in total. The fraction of sp³-hybridized carbons (Fsp3) is 0.818. The molecule has 15 heavy (non-hydrogen) atoms. The number of nitrogens with one attached hydrogen (secondary N) is 1. The van der Waals surface area contributed by atoms with Gasteiger partial charge < -0.3 is 11.1 Å². The van der Waals surface area contributed by atoms with Crippen molar-refractivity contribution >= 4 is 23.1 Å². The third kappa shape index (κ3) is 3.78. The highest BCUT2D eigenvalue weighted by atomic mass is 32.1. The Morgan fingerprint density at radius 2 is 2.13 bits per heavy atom.